The van der Waals surface area contributed by atoms with Crippen LogP contribution in [0.3, 0.4) is 0 Å². The molecular formula is C34H41N3O4. The van der Waals surface area contributed by atoms with E-state index in [1.165, 1.54) is 4.90 Å². The summed E-state index contributed by atoms with van der Waals surface area (Å²) < 4.78 is 5.49. The Morgan fingerprint density at radius 2 is 1.46 bits per heavy atom. The number of benzene rings is 3. The first-order valence-corrected chi connectivity index (χ1v) is 13.8. The molecule has 0 aliphatic heterocycles. The molecule has 2 N–H and O–H groups in total. The third kappa shape index (κ3) is 9.64. The zero-order chi connectivity index (χ0) is 30.0. The van der Waals surface area contributed by atoms with Gasteiger partial charge >= 0.3 is 6.09 Å². The lowest BCUT2D eigenvalue weighted by Crippen LogP contribution is -2.53. The number of carbonyl (C=O) groups excluding carboxylic acids is 3. The van der Waals surface area contributed by atoms with Crippen LogP contribution in [-0.4, -0.2) is 41.0 Å². The number of rotatable bonds is 11. The second kappa shape index (κ2) is 14.3. The summed E-state index contributed by atoms with van der Waals surface area (Å²) in [6.07, 6.45) is 1.10. The predicted molar refractivity (Wildman–Crippen MR) is 162 cm³/mol. The normalized spacial score (nSPS) is 12.5. The molecule has 0 aromatic heterocycles. The van der Waals surface area contributed by atoms with Gasteiger partial charge in [0.05, 0.1) is 0 Å². The first-order valence-electron chi connectivity index (χ1n) is 13.8. The van der Waals surface area contributed by atoms with Gasteiger partial charge in [-0.25, -0.2) is 4.79 Å². The van der Waals surface area contributed by atoms with Crippen molar-refractivity contribution in [3.8, 4) is 0 Å². The first kappa shape index (κ1) is 31.1. The number of hydrogen-bond donors (Lipinski definition) is 2. The van der Waals surface area contributed by atoms with Crippen LogP contribution < -0.4 is 10.6 Å². The lowest BCUT2D eigenvalue weighted by atomic mass is 9.97. The monoisotopic (exact) mass is 555 g/mol. The van der Waals surface area contributed by atoms with Gasteiger partial charge in [0, 0.05) is 19.5 Å². The van der Waals surface area contributed by atoms with Gasteiger partial charge in [-0.1, -0.05) is 96.1 Å². The summed E-state index contributed by atoms with van der Waals surface area (Å²) in [4.78, 5) is 42.6. The highest BCUT2D eigenvalue weighted by Crippen LogP contribution is 2.26. The van der Waals surface area contributed by atoms with E-state index in [1.807, 2.05) is 92.7 Å². The van der Waals surface area contributed by atoms with E-state index < -0.39 is 29.7 Å². The molecule has 3 aromatic carbocycles. The molecule has 2 unspecified atom stereocenters. The zero-order valence-corrected chi connectivity index (χ0v) is 24.6. The SMILES string of the molecule is C=CCN(C(=O)C(Cc1ccccc1)NC(=O)OC(C)(C)C)C(C(=O)NCc1ccccc1)c1cc(C)cc(C)c1. The summed E-state index contributed by atoms with van der Waals surface area (Å²) in [5.74, 6) is -0.747. The van der Waals surface area contributed by atoms with Crippen molar-refractivity contribution >= 4 is 17.9 Å². The first-order chi connectivity index (χ1) is 19.5. The van der Waals surface area contributed by atoms with Gasteiger partial charge in [0.2, 0.25) is 11.8 Å². The number of carbonyl (C=O) groups is 3. The maximum absolute atomic E-state index is 14.3. The predicted octanol–water partition coefficient (Wildman–Crippen LogP) is 5.81. The highest BCUT2D eigenvalue weighted by Gasteiger charge is 2.36. The maximum Gasteiger partial charge on any atom is 0.408 e. The number of hydrogen-bond acceptors (Lipinski definition) is 4. The van der Waals surface area contributed by atoms with Crippen molar-refractivity contribution in [2.45, 2.75) is 65.3 Å². The van der Waals surface area contributed by atoms with Crippen molar-refractivity contribution in [3.05, 3.63) is 119 Å². The van der Waals surface area contributed by atoms with E-state index in [9.17, 15) is 14.4 Å². The zero-order valence-electron chi connectivity index (χ0n) is 24.6. The number of nitrogens with zero attached hydrogens (tertiary/aromatic N) is 1. The number of alkyl carbamates (subject to hydrolysis) is 1. The molecule has 3 rings (SSSR count). The van der Waals surface area contributed by atoms with Gasteiger partial charge in [-0.05, 0) is 51.3 Å². The summed E-state index contributed by atoms with van der Waals surface area (Å²) >= 11 is 0. The average Bonchev–Trinajstić information content (AvgIpc) is 2.90. The lowest BCUT2D eigenvalue weighted by molar-refractivity contribution is -0.141. The summed E-state index contributed by atoms with van der Waals surface area (Å²) in [6.45, 7) is 13.5. The molecule has 3 aromatic rings. The average molecular weight is 556 g/mol. The molecule has 2 atom stereocenters. The minimum absolute atomic E-state index is 0.0938. The molecule has 7 nitrogen and oxygen atoms in total. The van der Waals surface area contributed by atoms with E-state index in [-0.39, 0.29) is 18.9 Å². The fourth-order valence-electron chi connectivity index (χ4n) is 4.68. The van der Waals surface area contributed by atoms with E-state index in [4.69, 9.17) is 4.74 Å². The van der Waals surface area contributed by atoms with Gasteiger partial charge in [0.15, 0.2) is 0 Å². The van der Waals surface area contributed by atoms with E-state index in [0.29, 0.717) is 12.1 Å². The van der Waals surface area contributed by atoms with E-state index in [1.54, 1.807) is 26.8 Å². The summed E-state index contributed by atoms with van der Waals surface area (Å²) in [5, 5.41) is 5.78. The maximum atomic E-state index is 14.3. The molecular weight excluding hydrogens is 514 g/mol. The molecule has 7 heteroatoms. The second-order valence-electron chi connectivity index (χ2n) is 11.2. The highest BCUT2D eigenvalue weighted by atomic mass is 16.6. The van der Waals surface area contributed by atoms with Gasteiger partial charge in [-0.3, -0.25) is 9.59 Å². The standard InChI is InChI=1S/C34H41N3O4/c1-7-18-37(32(39)29(22-26-14-10-8-11-15-26)36-33(40)41-34(4,5)6)30(28-20-24(2)19-25(3)21-28)31(38)35-23-27-16-12-9-13-17-27/h7-17,19-21,29-30H,1,18,22-23H2,2-6H3,(H,35,38)(H,36,40). The van der Waals surface area contributed by atoms with Crippen LogP contribution in [-0.2, 0) is 27.3 Å². The number of aryl methyl sites for hydroxylation is 2. The van der Waals surface area contributed by atoms with Crippen LogP contribution in [0.1, 0.15) is 54.6 Å². The topological polar surface area (TPSA) is 87.7 Å². The van der Waals surface area contributed by atoms with Gasteiger partial charge in [-0.2, -0.15) is 0 Å². The van der Waals surface area contributed by atoms with Crippen LogP contribution in [0.15, 0.2) is 91.5 Å². The third-order valence-electron chi connectivity index (χ3n) is 6.31. The fraction of sp³-hybridized carbons (Fsp3) is 0.324. The molecule has 0 aliphatic carbocycles. The molecule has 0 bridgehead atoms. The number of nitrogens with one attached hydrogen (secondary N) is 2. The van der Waals surface area contributed by atoms with Crippen LogP contribution in [0, 0.1) is 13.8 Å². The Labute approximate surface area is 243 Å². The van der Waals surface area contributed by atoms with E-state index >= 15 is 0 Å². The molecule has 0 saturated heterocycles. The van der Waals surface area contributed by atoms with Gasteiger partial charge in [0.25, 0.3) is 0 Å². The quantitative estimate of drug-likeness (QED) is 0.292. The Morgan fingerprint density at radius 3 is 2.00 bits per heavy atom. The molecule has 3 amide bonds. The van der Waals surface area contributed by atoms with E-state index in [0.717, 1.165) is 22.3 Å². The molecule has 0 spiro atoms. The molecule has 216 valence electrons. The summed E-state index contributed by atoms with van der Waals surface area (Å²) in [5.41, 5.74) is 3.68. The van der Waals surface area contributed by atoms with Crippen LogP contribution in [0.5, 0.6) is 0 Å². The second-order valence-corrected chi connectivity index (χ2v) is 11.2. The Hall–Kier alpha value is -4.39. The Kier molecular flexibility index (Phi) is 10.9. The van der Waals surface area contributed by atoms with Gasteiger partial charge in [0.1, 0.15) is 17.7 Å². The van der Waals surface area contributed by atoms with E-state index in [2.05, 4.69) is 17.2 Å². The lowest BCUT2D eigenvalue weighted by Gasteiger charge is -2.34. The fourth-order valence-corrected chi connectivity index (χ4v) is 4.68. The minimum atomic E-state index is -0.984. The Bertz CT molecular complexity index is 1310. The van der Waals surface area contributed by atoms with Crippen molar-refractivity contribution in [1.82, 2.24) is 15.5 Å². The van der Waals surface area contributed by atoms with Crippen molar-refractivity contribution in [2.24, 2.45) is 0 Å². The molecule has 0 radical (unpaired) electrons. The number of amides is 3. The molecule has 0 aliphatic rings. The summed E-state index contributed by atoms with van der Waals surface area (Å²) in [7, 11) is 0. The number of ether oxygens (including phenoxy) is 1. The molecule has 41 heavy (non-hydrogen) atoms. The Morgan fingerprint density at radius 1 is 0.902 bits per heavy atom. The van der Waals surface area contributed by atoms with Crippen molar-refractivity contribution < 1.29 is 19.1 Å². The molecule has 0 heterocycles. The summed E-state index contributed by atoms with van der Waals surface area (Å²) in [6, 6.07) is 22.9. The minimum Gasteiger partial charge on any atom is -0.444 e. The van der Waals surface area contributed by atoms with Crippen LogP contribution in [0.2, 0.25) is 0 Å². The van der Waals surface area contributed by atoms with Crippen molar-refractivity contribution in [2.75, 3.05) is 6.54 Å². The third-order valence-corrected chi connectivity index (χ3v) is 6.31. The molecule has 0 fully saturated rings. The Balaban J connectivity index is 2.02. The smallest absolute Gasteiger partial charge is 0.408 e. The van der Waals surface area contributed by atoms with Crippen LogP contribution in [0.25, 0.3) is 0 Å². The highest BCUT2D eigenvalue weighted by molar-refractivity contribution is 5.92. The van der Waals surface area contributed by atoms with Crippen molar-refractivity contribution in [3.63, 3.8) is 0 Å². The van der Waals surface area contributed by atoms with Gasteiger partial charge < -0.3 is 20.3 Å². The van der Waals surface area contributed by atoms with Gasteiger partial charge in [-0.15, -0.1) is 6.58 Å². The van der Waals surface area contributed by atoms with Crippen molar-refractivity contribution in [1.29, 1.82) is 0 Å². The van der Waals surface area contributed by atoms with Crippen LogP contribution >= 0.6 is 0 Å². The molecule has 0 saturated carbocycles. The van der Waals surface area contributed by atoms with Crippen LogP contribution in [0.4, 0.5) is 4.79 Å². The largest absolute Gasteiger partial charge is 0.444 e.